The molecule has 0 aromatic heterocycles. The minimum atomic E-state index is -1.44. The number of benzene rings is 1. The molecule has 1 aromatic rings. The van der Waals surface area contributed by atoms with E-state index in [-0.39, 0.29) is 11.8 Å². The van der Waals surface area contributed by atoms with Gasteiger partial charge in [-0.15, -0.1) is 0 Å². The van der Waals surface area contributed by atoms with Crippen LogP contribution in [0.3, 0.4) is 0 Å². The molecule has 0 amide bonds. The minimum absolute atomic E-state index is 0.0884. The summed E-state index contributed by atoms with van der Waals surface area (Å²) < 4.78 is 13.8. The average Bonchev–Trinajstić information content (AvgIpc) is 2.95. The quantitative estimate of drug-likeness (QED) is 0.896. The number of halogens is 2. The number of aliphatic carboxylic acids is 1. The van der Waals surface area contributed by atoms with Crippen LogP contribution >= 0.6 is 11.6 Å². The lowest BCUT2D eigenvalue weighted by Gasteiger charge is -2.19. The maximum Gasteiger partial charge on any atom is 0.304 e. The third kappa shape index (κ3) is 2.51. The van der Waals surface area contributed by atoms with E-state index in [4.69, 9.17) is 16.7 Å². The zero-order valence-electron chi connectivity index (χ0n) is 10.5. The number of carboxylic acid groups (broad SMARTS) is 1. The lowest BCUT2D eigenvalue weighted by Crippen LogP contribution is -2.15. The Morgan fingerprint density at radius 3 is 2.50 bits per heavy atom. The fourth-order valence-corrected chi connectivity index (χ4v) is 2.68. The van der Waals surface area contributed by atoms with Crippen molar-refractivity contribution >= 4 is 17.6 Å². The van der Waals surface area contributed by atoms with Crippen molar-refractivity contribution in [1.82, 2.24) is 0 Å². The van der Waals surface area contributed by atoms with Crippen molar-refractivity contribution in [1.29, 1.82) is 0 Å². The molecule has 98 valence electrons. The number of hydrogen-bond donors (Lipinski definition) is 1. The van der Waals surface area contributed by atoms with Gasteiger partial charge in [-0.2, -0.15) is 0 Å². The summed E-state index contributed by atoms with van der Waals surface area (Å²) >= 11 is 6.18. The monoisotopic (exact) mass is 270 g/mol. The molecule has 18 heavy (non-hydrogen) atoms. The van der Waals surface area contributed by atoms with Crippen LogP contribution in [-0.2, 0) is 15.9 Å². The van der Waals surface area contributed by atoms with Gasteiger partial charge in [0.05, 0.1) is 6.42 Å². The third-order valence-electron chi connectivity index (χ3n) is 3.57. The summed E-state index contributed by atoms with van der Waals surface area (Å²) in [6.45, 7) is 2.95. The Balaban J connectivity index is 2.34. The van der Waals surface area contributed by atoms with Crippen LogP contribution in [0.1, 0.15) is 44.2 Å². The Labute approximate surface area is 111 Å². The molecule has 1 aliphatic rings. The van der Waals surface area contributed by atoms with E-state index < -0.39 is 11.6 Å². The molecule has 0 spiro atoms. The van der Waals surface area contributed by atoms with Crippen LogP contribution in [0, 0.1) is 0 Å². The summed E-state index contributed by atoms with van der Waals surface area (Å²) in [6.07, 6.45) is 1.75. The summed E-state index contributed by atoms with van der Waals surface area (Å²) in [6, 6.07) is 5.08. The summed E-state index contributed by atoms with van der Waals surface area (Å²) in [5, 5.41) is 9.39. The van der Waals surface area contributed by atoms with E-state index in [0.29, 0.717) is 10.6 Å². The zero-order valence-corrected chi connectivity index (χ0v) is 11.2. The van der Waals surface area contributed by atoms with Crippen LogP contribution in [0.15, 0.2) is 18.2 Å². The van der Waals surface area contributed by atoms with E-state index in [1.165, 1.54) is 13.8 Å². The molecular formula is C14H16ClFO2. The molecule has 1 N–H and O–H groups in total. The predicted molar refractivity (Wildman–Crippen MR) is 68.8 cm³/mol. The topological polar surface area (TPSA) is 37.3 Å². The number of rotatable bonds is 4. The predicted octanol–water partition coefficient (Wildman–Crippen LogP) is 4.05. The number of carbonyl (C=O) groups is 1. The Morgan fingerprint density at radius 1 is 1.50 bits per heavy atom. The molecule has 0 bridgehead atoms. The van der Waals surface area contributed by atoms with Crippen molar-refractivity contribution in [2.24, 2.45) is 0 Å². The van der Waals surface area contributed by atoms with E-state index >= 15 is 0 Å². The maximum absolute atomic E-state index is 13.8. The van der Waals surface area contributed by atoms with Gasteiger partial charge in [0, 0.05) is 10.4 Å². The van der Waals surface area contributed by atoms with Crippen molar-refractivity contribution in [3.8, 4) is 0 Å². The first-order valence-electron chi connectivity index (χ1n) is 5.96. The summed E-state index contributed by atoms with van der Waals surface area (Å²) in [5.41, 5.74) is -0.421. The molecule has 0 radical (unpaired) electrons. The molecule has 0 heterocycles. The van der Waals surface area contributed by atoms with Crippen LogP contribution in [0.25, 0.3) is 0 Å². The van der Waals surface area contributed by atoms with Crippen molar-refractivity contribution in [3.05, 3.63) is 34.3 Å². The van der Waals surface area contributed by atoms with Crippen LogP contribution in [0.4, 0.5) is 4.39 Å². The Bertz CT molecular complexity index is 487. The molecule has 0 unspecified atom stereocenters. The zero-order chi connectivity index (χ0) is 13.6. The molecule has 2 rings (SSSR count). The normalized spacial score (nSPS) is 17.6. The minimum Gasteiger partial charge on any atom is -0.481 e. The number of carboxylic acids is 1. The fourth-order valence-electron chi connectivity index (χ4n) is 2.30. The number of hydrogen-bond acceptors (Lipinski definition) is 1. The first-order valence-corrected chi connectivity index (χ1v) is 6.34. The van der Waals surface area contributed by atoms with Gasteiger partial charge in [-0.1, -0.05) is 23.7 Å². The van der Waals surface area contributed by atoms with Crippen LogP contribution in [0.2, 0.25) is 5.02 Å². The second-order valence-corrected chi connectivity index (χ2v) is 5.93. The van der Waals surface area contributed by atoms with E-state index in [9.17, 15) is 9.18 Å². The second kappa shape index (κ2) is 4.23. The van der Waals surface area contributed by atoms with Crippen LogP contribution in [-0.4, -0.2) is 11.1 Å². The van der Waals surface area contributed by atoms with Gasteiger partial charge in [0.2, 0.25) is 0 Å². The van der Waals surface area contributed by atoms with E-state index in [1.54, 1.807) is 18.2 Å². The molecule has 1 aromatic carbocycles. The van der Waals surface area contributed by atoms with E-state index in [2.05, 4.69) is 0 Å². The van der Waals surface area contributed by atoms with Crippen molar-refractivity contribution in [2.75, 3.05) is 0 Å². The SMILES string of the molecule is CC(C)(F)c1ccc(C2(CC(=O)O)CC2)c(Cl)c1. The van der Waals surface area contributed by atoms with Gasteiger partial charge in [-0.3, -0.25) is 4.79 Å². The molecule has 1 aliphatic carbocycles. The maximum atomic E-state index is 13.8. The van der Waals surface area contributed by atoms with Gasteiger partial charge in [0.1, 0.15) is 5.67 Å². The van der Waals surface area contributed by atoms with E-state index in [0.717, 1.165) is 18.4 Å². The van der Waals surface area contributed by atoms with Crippen molar-refractivity contribution in [2.45, 2.75) is 44.2 Å². The van der Waals surface area contributed by atoms with Gasteiger partial charge in [0.15, 0.2) is 0 Å². The largest absolute Gasteiger partial charge is 0.481 e. The Morgan fingerprint density at radius 2 is 2.11 bits per heavy atom. The average molecular weight is 271 g/mol. The lowest BCUT2D eigenvalue weighted by molar-refractivity contribution is -0.137. The molecule has 2 nitrogen and oxygen atoms in total. The van der Waals surface area contributed by atoms with Crippen LogP contribution < -0.4 is 0 Å². The molecule has 0 saturated heterocycles. The van der Waals surface area contributed by atoms with Gasteiger partial charge < -0.3 is 5.11 Å². The fraction of sp³-hybridized carbons (Fsp3) is 0.500. The summed E-state index contributed by atoms with van der Waals surface area (Å²) in [7, 11) is 0. The van der Waals surface area contributed by atoms with Gasteiger partial charge in [-0.05, 0) is 43.9 Å². The third-order valence-corrected chi connectivity index (χ3v) is 3.88. The molecule has 0 atom stereocenters. The molecule has 1 saturated carbocycles. The van der Waals surface area contributed by atoms with Gasteiger partial charge in [-0.25, -0.2) is 4.39 Å². The standard InChI is InChI=1S/C14H16ClFO2/c1-13(2,16)9-3-4-10(11(15)7-9)14(5-6-14)8-12(17)18/h3-4,7H,5-6,8H2,1-2H3,(H,17,18). The van der Waals surface area contributed by atoms with Gasteiger partial charge >= 0.3 is 5.97 Å². The van der Waals surface area contributed by atoms with Crippen LogP contribution in [0.5, 0.6) is 0 Å². The highest BCUT2D eigenvalue weighted by atomic mass is 35.5. The lowest BCUT2D eigenvalue weighted by atomic mass is 9.89. The molecule has 4 heteroatoms. The molecule has 1 fully saturated rings. The highest BCUT2D eigenvalue weighted by Crippen LogP contribution is 2.53. The van der Waals surface area contributed by atoms with E-state index in [1.807, 2.05) is 0 Å². The Hall–Kier alpha value is -1.09. The Kier molecular flexibility index (Phi) is 3.14. The van der Waals surface area contributed by atoms with Crippen molar-refractivity contribution < 1.29 is 14.3 Å². The van der Waals surface area contributed by atoms with Gasteiger partial charge in [0.25, 0.3) is 0 Å². The number of alkyl halides is 1. The molecule has 0 aliphatic heterocycles. The molecular weight excluding hydrogens is 255 g/mol. The highest BCUT2D eigenvalue weighted by Gasteiger charge is 2.47. The highest BCUT2D eigenvalue weighted by molar-refractivity contribution is 6.31. The summed E-state index contributed by atoms with van der Waals surface area (Å²) in [5.74, 6) is -0.821. The first-order chi connectivity index (χ1) is 8.24. The second-order valence-electron chi connectivity index (χ2n) is 5.52. The summed E-state index contributed by atoms with van der Waals surface area (Å²) in [4.78, 5) is 10.9. The first kappa shape index (κ1) is 13.3. The van der Waals surface area contributed by atoms with Crippen molar-refractivity contribution in [3.63, 3.8) is 0 Å². The smallest absolute Gasteiger partial charge is 0.304 e.